The maximum absolute atomic E-state index is 13.6. The van der Waals surface area contributed by atoms with E-state index in [9.17, 15) is 9.59 Å². The number of amides is 2. The number of para-hydroxylation sites is 1. The highest BCUT2D eigenvalue weighted by molar-refractivity contribution is 5.98. The molecule has 8 heteroatoms. The van der Waals surface area contributed by atoms with Gasteiger partial charge in [0.15, 0.2) is 5.82 Å². The normalized spacial score (nSPS) is 15.8. The van der Waals surface area contributed by atoms with Gasteiger partial charge in [0, 0.05) is 68.0 Å². The molecular formula is C34H38N6O2. The molecule has 1 saturated heterocycles. The first kappa shape index (κ1) is 27.7. The summed E-state index contributed by atoms with van der Waals surface area (Å²) in [5.41, 5.74) is 5.54. The number of piperidine rings is 1. The Morgan fingerprint density at radius 1 is 1.02 bits per heavy atom. The van der Waals surface area contributed by atoms with Crippen molar-refractivity contribution in [2.24, 2.45) is 12.5 Å². The van der Waals surface area contributed by atoms with Gasteiger partial charge in [-0.1, -0.05) is 45.0 Å². The van der Waals surface area contributed by atoms with Gasteiger partial charge in [-0.05, 0) is 60.2 Å². The van der Waals surface area contributed by atoms with Gasteiger partial charge in [-0.25, -0.2) is 4.98 Å². The number of benzene rings is 2. The maximum Gasteiger partial charge on any atom is 0.254 e. The van der Waals surface area contributed by atoms with Gasteiger partial charge >= 0.3 is 0 Å². The second-order valence-electron chi connectivity index (χ2n) is 12.6. The van der Waals surface area contributed by atoms with Crippen LogP contribution >= 0.6 is 0 Å². The lowest BCUT2D eigenvalue weighted by molar-refractivity contribution is -0.123. The zero-order chi connectivity index (χ0) is 29.4. The standard InChI is InChI=1S/C34H38N6O2/c1-34(2,3)19-31(41)36-26-11-8-16-39(22-26)33(42)25-13-14-29-27(17-25)37-32(38(29)4)30-18-24-10-5-6-12-28(24)40(30)21-23-9-7-15-35-20-23/h5-7,9-10,12-15,17-18,20,26H,8,11,16,19,21-22H2,1-4H3,(H,36,41)/t26-/m1/s1. The lowest BCUT2D eigenvalue weighted by Crippen LogP contribution is -2.50. The molecule has 0 bridgehead atoms. The molecule has 8 nitrogen and oxygen atoms in total. The van der Waals surface area contributed by atoms with E-state index in [4.69, 9.17) is 4.98 Å². The number of carbonyl (C=O) groups is 2. The van der Waals surface area contributed by atoms with Crippen molar-refractivity contribution < 1.29 is 9.59 Å². The highest BCUT2D eigenvalue weighted by Gasteiger charge is 2.27. The van der Waals surface area contributed by atoms with Crippen LogP contribution in [0.15, 0.2) is 73.1 Å². The second-order valence-corrected chi connectivity index (χ2v) is 12.6. The summed E-state index contributed by atoms with van der Waals surface area (Å²) in [6.45, 7) is 8.06. The van der Waals surface area contributed by atoms with Crippen LogP contribution in [-0.4, -0.2) is 54.9 Å². The molecule has 0 spiro atoms. The first-order valence-electron chi connectivity index (χ1n) is 14.7. The first-order chi connectivity index (χ1) is 20.2. The molecule has 1 atom stereocenters. The summed E-state index contributed by atoms with van der Waals surface area (Å²) in [6.07, 6.45) is 5.90. The van der Waals surface area contributed by atoms with Crippen molar-refractivity contribution >= 4 is 33.8 Å². The average molecular weight is 563 g/mol. The molecular weight excluding hydrogens is 524 g/mol. The Bertz CT molecular complexity index is 1760. The summed E-state index contributed by atoms with van der Waals surface area (Å²) in [5, 5.41) is 4.30. The van der Waals surface area contributed by atoms with E-state index in [-0.39, 0.29) is 23.3 Å². The molecule has 5 aromatic rings. The van der Waals surface area contributed by atoms with Crippen LogP contribution in [0.3, 0.4) is 0 Å². The second kappa shape index (κ2) is 11.1. The van der Waals surface area contributed by atoms with Crippen LogP contribution in [0.25, 0.3) is 33.5 Å². The van der Waals surface area contributed by atoms with E-state index >= 15 is 0 Å². The predicted octanol–water partition coefficient (Wildman–Crippen LogP) is 5.80. The number of hydrogen-bond donors (Lipinski definition) is 1. The van der Waals surface area contributed by atoms with Crippen LogP contribution in [0.5, 0.6) is 0 Å². The minimum absolute atomic E-state index is 0.0236. The number of imidazole rings is 1. The largest absolute Gasteiger partial charge is 0.352 e. The smallest absolute Gasteiger partial charge is 0.254 e. The number of hydrogen-bond acceptors (Lipinski definition) is 4. The van der Waals surface area contributed by atoms with Crippen LogP contribution < -0.4 is 5.32 Å². The van der Waals surface area contributed by atoms with Gasteiger partial charge in [0.25, 0.3) is 5.91 Å². The van der Waals surface area contributed by atoms with Gasteiger partial charge < -0.3 is 19.4 Å². The number of nitrogens with zero attached hydrogens (tertiary/aromatic N) is 5. The van der Waals surface area contributed by atoms with Crippen LogP contribution in [0.4, 0.5) is 0 Å². The third-order valence-electron chi connectivity index (χ3n) is 8.00. The number of rotatable bonds is 6. The lowest BCUT2D eigenvalue weighted by Gasteiger charge is -2.33. The fourth-order valence-electron chi connectivity index (χ4n) is 6.02. The first-order valence-corrected chi connectivity index (χ1v) is 14.7. The molecule has 0 saturated carbocycles. The summed E-state index contributed by atoms with van der Waals surface area (Å²) in [5.74, 6) is 0.865. The molecule has 2 amide bonds. The fraction of sp³-hybridized carbons (Fsp3) is 0.353. The third kappa shape index (κ3) is 5.66. The predicted molar refractivity (Wildman–Crippen MR) is 166 cm³/mol. The van der Waals surface area contributed by atoms with Gasteiger partial charge in [-0.3, -0.25) is 14.6 Å². The van der Waals surface area contributed by atoms with E-state index in [2.05, 4.69) is 76.6 Å². The van der Waals surface area contributed by atoms with Gasteiger partial charge in [-0.2, -0.15) is 0 Å². The summed E-state index contributed by atoms with van der Waals surface area (Å²) in [4.78, 5) is 37.4. The molecule has 1 fully saturated rings. The zero-order valence-electron chi connectivity index (χ0n) is 24.8. The SMILES string of the molecule is Cn1c(-c2cc3ccccc3n2Cc2cccnc2)nc2cc(C(=O)N3CCC[C@@H](NC(=O)CC(C)(C)C)C3)ccc21. The summed E-state index contributed by atoms with van der Waals surface area (Å²) in [6, 6.07) is 20.3. The third-order valence-corrected chi connectivity index (χ3v) is 8.00. The van der Waals surface area contributed by atoms with Gasteiger partial charge in [0.05, 0.1) is 16.7 Å². The molecule has 4 heterocycles. The Morgan fingerprint density at radius 3 is 2.64 bits per heavy atom. The van der Waals surface area contributed by atoms with Crippen LogP contribution in [0.2, 0.25) is 0 Å². The Balaban J connectivity index is 1.28. The molecule has 216 valence electrons. The number of carbonyl (C=O) groups excluding carboxylic acids is 2. The van der Waals surface area contributed by atoms with Crippen molar-refractivity contribution in [1.29, 1.82) is 0 Å². The number of aromatic nitrogens is 4. The minimum Gasteiger partial charge on any atom is -0.352 e. The Morgan fingerprint density at radius 2 is 1.86 bits per heavy atom. The lowest BCUT2D eigenvalue weighted by atomic mass is 9.91. The van der Waals surface area contributed by atoms with Crippen molar-refractivity contribution in [3.05, 3.63) is 84.2 Å². The number of aryl methyl sites for hydroxylation is 1. The molecule has 3 aromatic heterocycles. The van der Waals surface area contributed by atoms with Crippen molar-refractivity contribution in [3.8, 4) is 11.5 Å². The molecule has 0 radical (unpaired) electrons. The van der Waals surface area contributed by atoms with Crippen LogP contribution in [0, 0.1) is 5.41 Å². The van der Waals surface area contributed by atoms with E-state index in [1.807, 2.05) is 42.4 Å². The van der Waals surface area contributed by atoms with E-state index in [1.165, 1.54) is 0 Å². The number of nitrogens with one attached hydrogen (secondary N) is 1. The minimum atomic E-state index is -0.0711. The quantitative estimate of drug-likeness (QED) is 0.284. The zero-order valence-corrected chi connectivity index (χ0v) is 24.8. The highest BCUT2D eigenvalue weighted by Crippen LogP contribution is 2.31. The molecule has 0 unspecified atom stereocenters. The summed E-state index contributed by atoms with van der Waals surface area (Å²) in [7, 11) is 2.02. The molecule has 1 aliphatic rings. The van der Waals surface area contributed by atoms with E-state index in [0.717, 1.165) is 51.9 Å². The van der Waals surface area contributed by atoms with Crippen molar-refractivity contribution in [1.82, 2.24) is 29.3 Å². The van der Waals surface area contributed by atoms with Crippen LogP contribution in [0.1, 0.15) is 56.0 Å². The molecule has 1 aliphatic heterocycles. The summed E-state index contributed by atoms with van der Waals surface area (Å²) >= 11 is 0. The topological polar surface area (TPSA) is 85.1 Å². The van der Waals surface area contributed by atoms with Crippen molar-refractivity contribution in [2.45, 2.75) is 52.6 Å². The molecule has 1 N–H and O–H groups in total. The average Bonchev–Trinajstić information content (AvgIpc) is 3.49. The van der Waals surface area contributed by atoms with E-state index < -0.39 is 0 Å². The Labute approximate surface area is 246 Å². The molecule has 2 aromatic carbocycles. The maximum atomic E-state index is 13.6. The Kier molecular flexibility index (Phi) is 7.31. The van der Waals surface area contributed by atoms with Crippen molar-refractivity contribution in [2.75, 3.05) is 13.1 Å². The number of pyridine rings is 1. The molecule has 0 aliphatic carbocycles. The molecule has 42 heavy (non-hydrogen) atoms. The van der Waals surface area contributed by atoms with Crippen LogP contribution in [-0.2, 0) is 18.4 Å². The van der Waals surface area contributed by atoms with Gasteiger partial charge in [-0.15, -0.1) is 0 Å². The van der Waals surface area contributed by atoms with Crippen molar-refractivity contribution in [3.63, 3.8) is 0 Å². The van der Waals surface area contributed by atoms with E-state index in [1.54, 1.807) is 6.20 Å². The number of likely N-dealkylation sites (tertiary alicyclic amines) is 1. The molecule has 6 rings (SSSR count). The van der Waals surface area contributed by atoms with E-state index in [0.29, 0.717) is 31.6 Å². The fourth-order valence-corrected chi connectivity index (χ4v) is 6.02. The van der Waals surface area contributed by atoms with Gasteiger partial charge in [0.1, 0.15) is 0 Å². The monoisotopic (exact) mass is 562 g/mol. The summed E-state index contributed by atoms with van der Waals surface area (Å²) < 4.78 is 4.38. The number of fused-ring (bicyclic) bond motifs is 2. The highest BCUT2D eigenvalue weighted by atomic mass is 16.2. The van der Waals surface area contributed by atoms with Gasteiger partial charge in [0.2, 0.25) is 5.91 Å². The Hall–Kier alpha value is -4.46.